The Morgan fingerprint density at radius 2 is 1.54 bits per heavy atom. The van der Waals surface area contributed by atoms with Gasteiger partial charge in [0.25, 0.3) is 0 Å². The van der Waals surface area contributed by atoms with Crippen LogP contribution < -0.4 is 4.90 Å². The molecule has 1 aliphatic rings. The molecular formula is C19H20ClN5O2S. The quantitative estimate of drug-likeness (QED) is 0.652. The zero-order chi connectivity index (χ0) is 19.7. The highest BCUT2D eigenvalue weighted by atomic mass is 35.5. The highest BCUT2D eigenvalue weighted by molar-refractivity contribution is 7.89. The maximum Gasteiger partial charge on any atom is 0.243 e. The summed E-state index contributed by atoms with van der Waals surface area (Å²) in [4.78, 5) is 2.31. The first kappa shape index (κ1) is 18.9. The molecule has 2 aromatic heterocycles. The molecule has 1 aromatic carbocycles. The summed E-state index contributed by atoms with van der Waals surface area (Å²) in [6.07, 6.45) is 3.82. The first-order valence-corrected chi connectivity index (χ1v) is 10.8. The lowest BCUT2D eigenvalue weighted by molar-refractivity contribution is 0.383. The third kappa shape index (κ3) is 3.50. The van der Waals surface area contributed by atoms with Crippen molar-refractivity contribution in [3.63, 3.8) is 0 Å². The van der Waals surface area contributed by atoms with Crippen molar-refractivity contribution in [2.24, 2.45) is 0 Å². The molecule has 1 fully saturated rings. The molecule has 0 bridgehead atoms. The van der Waals surface area contributed by atoms with E-state index in [9.17, 15) is 8.42 Å². The Hall–Kier alpha value is -2.42. The van der Waals surface area contributed by atoms with Gasteiger partial charge in [0.1, 0.15) is 0 Å². The lowest BCUT2D eigenvalue weighted by Crippen LogP contribution is -2.49. The van der Waals surface area contributed by atoms with Crippen molar-refractivity contribution in [2.45, 2.75) is 11.8 Å². The van der Waals surface area contributed by atoms with Crippen LogP contribution in [-0.2, 0) is 10.0 Å². The Labute approximate surface area is 169 Å². The second-order valence-electron chi connectivity index (χ2n) is 6.59. The molecule has 0 radical (unpaired) electrons. The van der Waals surface area contributed by atoms with Crippen LogP contribution in [0.25, 0.3) is 5.82 Å². The number of anilines is 1. The maximum absolute atomic E-state index is 13.0. The van der Waals surface area contributed by atoms with Gasteiger partial charge in [-0.25, -0.2) is 8.42 Å². The van der Waals surface area contributed by atoms with E-state index in [0.29, 0.717) is 36.8 Å². The minimum Gasteiger partial charge on any atom is -0.352 e. The molecule has 4 rings (SSSR count). The van der Waals surface area contributed by atoms with Gasteiger partial charge in [-0.2, -0.15) is 4.31 Å². The lowest BCUT2D eigenvalue weighted by Gasteiger charge is -2.34. The molecule has 7 nitrogen and oxygen atoms in total. The zero-order valence-corrected chi connectivity index (χ0v) is 16.9. The van der Waals surface area contributed by atoms with Crippen LogP contribution in [0.4, 0.5) is 5.82 Å². The molecule has 0 amide bonds. The number of piperazine rings is 1. The lowest BCUT2D eigenvalue weighted by atomic mass is 10.2. The molecule has 9 heteroatoms. The minimum absolute atomic E-state index is 0.268. The average Bonchev–Trinajstić information content (AvgIpc) is 3.25. The topological polar surface area (TPSA) is 71.3 Å². The molecule has 0 atom stereocenters. The summed E-state index contributed by atoms with van der Waals surface area (Å²) in [6.45, 7) is 3.60. The molecule has 3 aromatic rings. The molecule has 0 unspecified atom stereocenters. The van der Waals surface area contributed by atoms with Crippen LogP contribution in [0.2, 0.25) is 5.02 Å². The summed E-state index contributed by atoms with van der Waals surface area (Å²) < 4.78 is 29.4. The molecule has 1 aliphatic heterocycles. The first-order valence-electron chi connectivity index (χ1n) is 8.94. The van der Waals surface area contributed by atoms with Gasteiger partial charge in [-0.1, -0.05) is 17.7 Å². The van der Waals surface area contributed by atoms with E-state index in [4.69, 9.17) is 11.6 Å². The zero-order valence-electron chi connectivity index (χ0n) is 15.4. The summed E-state index contributed by atoms with van der Waals surface area (Å²) in [5, 5.41) is 9.01. The summed E-state index contributed by atoms with van der Waals surface area (Å²) in [5.41, 5.74) is 0.582. The highest BCUT2D eigenvalue weighted by Gasteiger charge is 2.30. The van der Waals surface area contributed by atoms with Crippen molar-refractivity contribution in [3.8, 4) is 5.82 Å². The van der Waals surface area contributed by atoms with Crippen LogP contribution in [0.1, 0.15) is 5.56 Å². The van der Waals surface area contributed by atoms with Crippen LogP contribution in [0.3, 0.4) is 0 Å². The van der Waals surface area contributed by atoms with E-state index in [2.05, 4.69) is 10.2 Å². The second-order valence-corrected chi connectivity index (χ2v) is 8.91. The first-order chi connectivity index (χ1) is 13.5. The normalized spacial score (nSPS) is 15.7. The average molecular weight is 418 g/mol. The largest absolute Gasteiger partial charge is 0.352 e. The van der Waals surface area contributed by atoms with E-state index >= 15 is 0 Å². The van der Waals surface area contributed by atoms with Gasteiger partial charge in [0.15, 0.2) is 11.6 Å². The van der Waals surface area contributed by atoms with Crippen molar-refractivity contribution in [2.75, 3.05) is 31.1 Å². The summed E-state index contributed by atoms with van der Waals surface area (Å²) >= 11 is 6.10. The van der Waals surface area contributed by atoms with Crippen molar-refractivity contribution in [3.05, 3.63) is 65.4 Å². The van der Waals surface area contributed by atoms with Gasteiger partial charge < -0.3 is 9.47 Å². The van der Waals surface area contributed by atoms with Crippen LogP contribution >= 0.6 is 11.6 Å². The van der Waals surface area contributed by atoms with Crippen molar-refractivity contribution < 1.29 is 8.42 Å². The van der Waals surface area contributed by atoms with E-state index < -0.39 is 10.0 Å². The monoisotopic (exact) mass is 417 g/mol. The molecular weight excluding hydrogens is 398 g/mol. The highest BCUT2D eigenvalue weighted by Crippen LogP contribution is 2.26. The summed E-state index contributed by atoms with van der Waals surface area (Å²) in [6, 6.07) is 12.6. The molecule has 28 heavy (non-hydrogen) atoms. The summed E-state index contributed by atoms with van der Waals surface area (Å²) in [5.74, 6) is 1.48. The number of hydrogen-bond acceptors (Lipinski definition) is 5. The Bertz CT molecular complexity index is 1060. The van der Waals surface area contributed by atoms with Crippen molar-refractivity contribution in [1.29, 1.82) is 0 Å². The third-order valence-corrected chi connectivity index (χ3v) is 7.36. The smallest absolute Gasteiger partial charge is 0.243 e. The molecule has 3 heterocycles. The predicted octanol–water partition coefficient (Wildman–Crippen LogP) is 2.74. The number of aromatic nitrogens is 3. The van der Waals surface area contributed by atoms with Crippen molar-refractivity contribution >= 4 is 27.4 Å². The van der Waals surface area contributed by atoms with Crippen LogP contribution in [0.5, 0.6) is 0 Å². The standard InChI is InChI=1S/C19H20ClN5O2S/c1-15-16(20)5-4-6-17(15)28(26,27)25-13-11-24(12-14-25)19-8-7-18(21-22-19)23-9-2-3-10-23/h2-10H,11-14H2,1H3. The van der Waals surface area contributed by atoms with Gasteiger partial charge in [0.2, 0.25) is 10.0 Å². The molecule has 0 spiro atoms. The minimum atomic E-state index is -3.57. The predicted molar refractivity (Wildman–Crippen MR) is 109 cm³/mol. The Kier molecular flexibility index (Phi) is 5.09. The van der Waals surface area contributed by atoms with Crippen molar-refractivity contribution in [1.82, 2.24) is 19.1 Å². The number of sulfonamides is 1. The van der Waals surface area contributed by atoms with Crippen LogP contribution in [-0.4, -0.2) is 53.7 Å². The van der Waals surface area contributed by atoms with E-state index in [1.807, 2.05) is 46.1 Å². The molecule has 0 saturated carbocycles. The fourth-order valence-electron chi connectivity index (χ4n) is 3.28. The SMILES string of the molecule is Cc1c(Cl)cccc1S(=O)(=O)N1CCN(c2ccc(-n3cccc3)nn2)CC1. The Balaban J connectivity index is 1.46. The van der Waals surface area contributed by atoms with Gasteiger partial charge in [0.05, 0.1) is 4.90 Å². The van der Waals surface area contributed by atoms with Gasteiger partial charge in [-0.15, -0.1) is 10.2 Å². The third-order valence-electron chi connectivity index (χ3n) is 4.90. The molecule has 0 N–H and O–H groups in total. The van der Waals surface area contributed by atoms with Gasteiger partial charge >= 0.3 is 0 Å². The van der Waals surface area contributed by atoms with E-state index in [0.717, 1.165) is 11.6 Å². The molecule has 146 valence electrons. The number of nitrogens with zero attached hydrogens (tertiary/aromatic N) is 5. The number of halogens is 1. The molecule has 1 saturated heterocycles. The second kappa shape index (κ2) is 7.54. The maximum atomic E-state index is 13.0. The van der Waals surface area contributed by atoms with E-state index in [1.165, 1.54) is 4.31 Å². The van der Waals surface area contributed by atoms with Crippen LogP contribution in [0, 0.1) is 6.92 Å². The fourth-order valence-corrected chi connectivity index (χ4v) is 5.18. The van der Waals surface area contributed by atoms with Gasteiger partial charge in [0, 0.05) is 43.6 Å². The van der Waals surface area contributed by atoms with Gasteiger partial charge in [-0.3, -0.25) is 0 Å². The number of benzene rings is 1. The summed E-state index contributed by atoms with van der Waals surface area (Å²) in [7, 11) is -3.57. The molecule has 0 aliphatic carbocycles. The van der Waals surface area contributed by atoms with Crippen LogP contribution in [0.15, 0.2) is 59.8 Å². The van der Waals surface area contributed by atoms with E-state index in [1.54, 1.807) is 25.1 Å². The fraction of sp³-hybridized carbons (Fsp3) is 0.263. The van der Waals surface area contributed by atoms with Gasteiger partial charge in [-0.05, 0) is 48.9 Å². The Morgan fingerprint density at radius 1 is 0.893 bits per heavy atom. The Morgan fingerprint density at radius 3 is 2.18 bits per heavy atom. The number of hydrogen-bond donors (Lipinski definition) is 0. The number of rotatable bonds is 4. The van der Waals surface area contributed by atoms with E-state index in [-0.39, 0.29) is 4.90 Å².